The Morgan fingerprint density at radius 3 is 3.00 bits per heavy atom. The van der Waals surface area contributed by atoms with Gasteiger partial charge in [-0.25, -0.2) is 4.39 Å². The molecule has 92 valence electrons. The van der Waals surface area contributed by atoms with Crippen molar-refractivity contribution in [3.8, 4) is 0 Å². The Morgan fingerprint density at radius 2 is 2.35 bits per heavy atom. The normalized spacial score (nSPS) is 19.4. The average molecular weight is 257 g/mol. The summed E-state index contributed by atoms with van der Waals surface area (Å²) in [5.41, 5.74) is 0.859. The molecule has 0 radical (unpaired) electrons. The molecule has 2 rings (SSSR count). The van der Waals surface area contributed by atoms with Gasteiger partial charge in [-0.1, -0.05) is 17.7 Å². The number of amides is 1. The van der Waals surface area contributed by atoms with E-state index < -0.39 is 0 Å². The minimum absolute atomic E-state index is 0.108. The van der Waals surface area contributed by atoms with Crippen LogP contribution in [0.15, 0.2) is 18.2 Å². The van der Waals surface area contributed by atoms with E-state index in [1.807, 2.05) is 0 Å². The van der Waals surface area contributed by atoms with Crippen LogP contribution in [-0.2, 0) is 11.3 Å². The number of rotatable bonds is 4. The van der Waals surface area contributed by atoms with Gasteiger partial charge < -0.3 is 10.6 Å². The number of carbonyl (C=O) groups is 1. The summed E-state index contributed by atoms with van der Waals surface area (Å²) in [4.78, 5) is 11.0. The lowest BCUT2D eigenvalue weighted by Crippen LogP contribution is -2.35. The second-order valence-electron chi connectivity index (χ2n) is 4.17. The Hall–Kier alpha value is -1.13. The minimum atomic E-state index is -0.332. The number of benzene rings is 1. The van der Waals surface area contributed by atoms with E-state index in [0.717, 1.165) is 12.0 Å². The van der Waals surface area contributed by atoms with Crippen molar-refractivity contribution in [1.29, 1.82) is 0 Å². The van der Waals surface area contributed by atoms with Gasteiger partial charge in [0, 0.05) is 30.6 Å². The quantitative estimate of drug-likeness (QED) is 0.863. The third-order valence-corrected chi connectivity index (χ3v) is 3.16. The van der Waals surface area contributed by atoms with Crippen molar-refractivity contribution in [3.05, 3.63) is 34.6 Å². The van der Waals surface area contributed by atoms with Crippen molar-refractivity contribution in [3.63, 3.8) is 0 Å². The van der Waals surface area contributed by atoms with Gasteiger partial charge in [0.15, 0.2) is 0 Å². The molecule has 5 heteroatoms. The van der Waals surface area contributed by atoms with Crippen LogP contribution in [0.2, 0.25) is 5.02 Å². The third-order valence-electron chi connectivity index (χ3n) is 2.81. The lowest BCUT2D eigenvalue weighted by Gasteiger charge is -2.11. The summed E-state index contributed by atoms with van der Waals surface area (Å²) in [5.74, 6) is -0.224. The van der Waals surface area contributed by atoms with Crippen LogP contribution in [-0.4, -0.2) is 18.5 Å². The van der Waals surface area contributed by atoms with E-state index in [9.17, 15) is 9.18 Å². The number of hydrogen-bond acceptors (Lipinski definition) is 2. The molecule has 1 amide bonds. The molecule has 3 nitrogen and oxygen atoms in total. The summed E-state index contributed by atoms with van der Waals surface area (Å²) in [6.45, 7) is 1.28. The molecular weight excluding hydrogens is 243 g/mol. The minimum Gasteiger partial charge on any atom is -0.352 e. The summed E-state index contributed by atoms with van der Waals surface area (Å²) in [5, 5.41) is 6.50. The van der Waals surface area contributed by atoms with Crippen LogP contribution in [0.4, 0.5) is 4.39 Å². The first-order valence-electron chi connectivity index (χ1n) is 5.59. The van der Waals surface area contributed by atoms with Crippen LogP contribution >= 0.6 is 11.6 Å². The molecule has 1 aliphatic heterocycles. The largest absolute Gasteiger partial charge is 0.352 e. The van der Waals surface area contributed by atoms with E-state index in [2.05, 4.69) is 10.6 Å². The molecule has 1 heterocycles. The van der Waals surface area contributed by atoms with E-state index in [1.54, 1.807) is 6.07 Å². The summed E-state index contributed by atoms with van der Waals surface area (Å²) in [6, 6.07) is 4.55. The second kappa shape index (κ2) is 5.47. The zero-order valence-corrected chi connectivity index (χ0v) is 10.1. The molecule has 0 saturated carbocycles. The fraction of sp³-hybridized carbons (Fsp3) is 0.417. The van der Waals surface area contributed by atoms with Crippen LogP contribution in [0, 0.1) is 5.82 Å². The maximum Gasteiger partial charge on any atom is 0.220 e. The Labute approximate surface area is 104 Å². The number of hydrogen-bond donors (Lipinski definition) is 2. The highest BCUT2D eigenvalue weighted by molar-refractivity contribution is 6.31. The third kappa shape index (κ3) is 3.41. The van der Waals surface area contributed by atoms with E-state index in [4.69, 9.17) is 11.6 Å². The molecule has 1 aromatic carbocycles. The lowest BCUT2D eigenvalue weighted by molar-refractivity contribution is -0.119. The van der Waals surface area contributed by atoms with Crippen LogP contribution in [0.25, 0.3) is 0 Å². The molecule has 0 aliphatic carbocycles. The zero-order valence-electron chi connectivity index (χ0n) is 9.30. The Balaban J connectivity index is 1.80. The molecule has 1 saturated heterocycles. The maximum atomic E-state index is 12.8. The molecule has 1 atom stereocenters. The summed E-state index contributed by atoms with van der Waals surface area (Å²) in [6.07, 6.45) is 1.46. The summed E-state index contributed by atoms with van der Waals surface area (Å²) < 4.78 is 12.8. The van der Waals surface area contributed by atoms with Gasteiger partial charge in [0.1, 0.15) is 5.82 Å². The van der Waals surface area contributed by atoms with Gasteiger partial charge in [0.25, 0.3) is 0 Å². The van der Waals surface area contributed by atoms with E-state index in [0.29, 0.717) is 24.5 Å². The molecule has 1 aromatic rings. The predicted molar refractivity (Wildman–Crippen MR) is 64.3 cm³/mol. The first-order chi connectivity index (χ1) is 8.15. The molecular formula is C12H14ClFN2O. The molecule has 1 aliphatic rings. The molecule has 17 heavy (non-hydrogen) atoms. The summed E-state index contributed by atoms with van der Waals surface area (Å²) in [7, 11) is 0. The van der Waals surface area contributed by atoms with Gasteiger partial charge in [-0.3, -0.25) is 4.79 Å². The van der Waals surface area contributed by atoms with Gasteiger partial charge in [-0.15, -0.1) is 0 Å². The van der Waals surface area contributed by atoms with Crippen LogP contribution in [0.1, 0.15) is 18.4 Å². The van der Waals surface area contributed by atoms with Gasteiger partial charge in [-0.05, 0) is 24.1 Å². The first kappa shape index (κ1) is 12.3. The monoisotopic (exact) mass is 256 g/mol. The molecule has 0 bridgehead atoms. The van der Waals surface area contributed by atoms with Crippen LogP contribution in [0.3, 0.4) is 0 Å². The van der Waals surface area contributed by atoms with Gasteiger partial charge in [0.2, 0.25) is 5.91 Å². The van der Waals surface area contributed by atoms with Crippen molar-refractivity contribution >= 4 is 17.5 Å². The van der Waals surface area contributed by atoms with Crippen molar-refractivity contribution in [1.82, 2.24) is 10.6 Å². The van der Waals surface area contributed by atoms with E-state index in [1.165, 1.54) is 12.1 Å². The highest BCUT2D eigenvalue weighted by Crippen LogP contribution is 2.17. The number of halogens is 2. The SMILES string of the molecule is O=C1CCC(CNCc2ccc(F)cc2Cl)N1. The van der Waals surface area contributed by atoms with E-state index in [-0.39, 0.29) is 17.8 Å². The smallest absolute Gasteiger partial charge is 0.220 e. The predicted octanol–water partition coefficient (Wildman–Crippen LogP) is 1.85. The highest BCUT2D eigenvalue weighted by Gasteiger charge is 2.19. The van der Waals surface area contributed by atoms with Gasteiger partial charge in [-0.2, -0.15) is 0 Å². The fourth-order valence-corrected chi connectivity index (χ4v) is 2.11. The molecule has 2 N–H and O–H groups in total. The number of carbonyl (C=O) groups excluding carboxylic acids is 1. The van der Waals surface area contributed by atoms with Crippen molar-refractivity contribution in [2.24, 2.45) is 0 Å². The Morgan fingerprint density at radius 1 is 1.53 bits per heavy atom. The fourth-order valence-electron chi connectivity index (χ4n) is 1.88. The maximum absolute atomic E-state index is 12.8. The Kier molecular flexibility index (Phi) is 3.97. The van der Waals surface area contributed by atoms with Crippen LogP contribution < -0.4 is 10.6 Å². The zero-order chi connectivity index (χ0) is 12.3. The van der Waals surface area contributed by atoms with Crippen molar-refractivity contribution < 1.29 is 9.18 Å². The average Bonchev–Trinajstić information content (AvgIpc) is 2.68. The van der Waals surface area contributed by atoms with Crippen molar-refractivity contribution in [2.45, 2.75) is 25.4 Å². The van der Waals surface area contributed by atoms with Crippen LogP contribution in [0.5, 0.6) is 0 Å². The number of nitrogens with one attached hydrogen (secondary N) is 2. The van der Waals surface area contributed by atoms with E-state index >= 15 is 0 Å². The standard InChI is InChI=1S/C12H14ClFN2O/c13-11-5-9(14)2-1-8(11)6-15-7-10-3-4-12(17)16-10/h1-2,5,10,15H,3-4,6-7H2,(H,16,17). The van der Waals surface area contributed by atoms with Gasteiger partial charge in [0.05, 0.1) is 0 Å². The second-order valence-corrected chi connectivity index (χ2v) is 4.58. The summed E-state index contributed by atoms with van der Waals surface area (Å²) >= 11 is 5.90. The first-order valence-corrected chi connectivity index (χ1v) is 5.97. The molecule has 0 spiro atoms. The molecule has 1 fully saturated rings. The topological polar surface area (TPSA) is 41.1 Å². The molecule has 1 unspecified atom stereocenters. The van der Waals surface area contributed by atoms with Crippen molar-refractivity contribution in [2.75, 3.05) is 6.54 Å². The Bertz CT molecular complexity index is 425. The van der Waals surface area contributed by atoms with Gasteiger partial charge >= 0.3 is 0 Å². The lowest BCUT2D eigenvalue weighted by atomic mass is 10.2. The highest BCUT2D eigenvalue weighted by atomic mass is 35.5. The molecule has 0 aromatic heterocycles.